The van der Waals surface area contributed by atoms with Gasteiger partial charge in [0, 0.05) is 27.7 Å². The molecule has 0 saturated carbocycles. The van der Waals surface area contributed by atoms with Gasteiger partial charge in [0.15, 0.2) is 0 Å². The van der Waals surface area contributed by atoms with Gasteiger partial charge in [0.05, 0.1) is 32.9 Å². The average Bonchev–Trinajstić information content (AvgIpc) is 3.13. The van der Waals surface area contributed by atoms with Gasteiger partial charge in [-0.1, -0.05) is 41.4 Å². The van der Waals surface area contributed by atoms with E-state index in [9.17, 15) is 34.6 Å². The molecule has 0 aromatic heterocycles. The molecule has 1 fully saturated rings. The first kappa shape index (κ1) is 26.8. The van der Waals surface area contributed by atoms with E-state index < -0.39 is 43.9 Å². The predicted molar refractivity (Wildman–Crippen MR) is 139 cm³/mol. The minimum absolute atomic E-state index is 0.0000121. The van der Waals surface area contributed by atoms with Crippen molar-refractivity contribution >= 4 is 69.5 Å². The van der Waals surface area contributed by atoms with Crippen LogP contribution in [0.3, 0.4) is 0 Å². The molecule has 0 spiro atoms. The van der Waals surface area contributed by atoms with Crippen molar-refractivity contribution in [2.75, 3.05) is 0 Å². The van der Waals surface area contributed by atoms with Gasteiger partial charge >= 0.3 is 5.97 Å². The zero-order valence-corrected chi connectivity index (χ0v) is 21.2. The number of carbonyl (C=O) groups excluding carboxylic acids is 3. The number of thioether (sulfide) groups is 1. The molecular formula is C24H13Cl2N3O8S. The fourth-order valence-electron chi connectivity index (χ4n) is 3.39. The maximum absolute atomic E-state index is 12.9. The Kier molecular flexibility index (Phi) is 7.76. The van der Waals surface area contributed by atoms with Crippen LogP contribution in [0.1, 0.15) is 21.5 Å². The Morgan fingerprint density at radius 3 is 2.16 bits per heavy atom. The summed E-state index contributed by atoms with van der Waals surface area (Å²) in [4.78, 5) is 59.5. The first-order valence-corrected chi connectivity index (χ1v) is 12.0. The molecule has 1 heterocycles. The predicted octanol–water partition coefficient (Wildman–Crippen LogP) is 6.27. The molecule has 0 bridgehead atoms. The van der Waals surface area contributed by atoms with E-state index in [4.69, 9.17) is 27.9 Å². The summed E-state index contributed by atoms with van der Waals surface area (Å²) in [5.41, 5.74) is -0.852. The topological polar surface area (TPSA) is 150 Å². The fraction of sp³-hybridized carbons (Fsp3) is 0.0417. The standard InChI is InChI=1S/C24H13Cl2N3O8S/c25-19-5-2-6-20(26)18(19)12-27-22(30)21(38-24(27)32)8-13-3-1-4-17(7-13)37-23(31)14-9-15(28(33)34)11-16(10-14)29(35)36/h1-11H,12H2/b21-8-. The lowest BCUT2D eigenvalue weighted by molar-refractivity contribution is -0.394. The van der Waals surface area contributed by atoms with Crippen molar-refractivity contribution in [1.82, 2.24) is 4.90 Å². The number of esters is 1. The normalized spacial score (nSPS) is 14.2. The Balaban J connectivity index is 1.54. The first-order valence-electron chi connectivity index (χ1n) is 10.5. The summed E-state index contributed by atoms with van der Waals surface area (Å²) in [6, 6.07) is 13.2. The molecule has 38 heavy (non-hydrogen) atoms. The lowest BCUT2D eigenvalue weighted by atomic mass is 10.1. The highest BCUT2D eigenvalue weighted by atomic mass is 35.5. The number of carbonyl (C=O) groups is 3. The van der Waals surface area contributed by atoms with Gasteiger partial charge in [-0.2, -0.15) is 0 Å². The number of hydrogen-bond acceptors (Lipinski definition) is 9. The van der Waals surface area contributed by atoms with Crippen LogP contribution in [0.2, 0.25) is 10.0 Å². The molecule has 192 valence electrons. The highest BCUT2D eigenvalue weighted by Gasteiger charge is 2.35. The quantitative estimate of drug-likeness (QED) is 0.105. The molecule has 0 atom stereocenters. The second-order valence-electron chi connectivity index (χ2n) is 7.68. The number of benzene rings is 3. The Morgan fingerprint density at radius 2 is 1.55 bits per heavy atom. The highest BCUT2D eigenvalue weighted by Crippen LogP contribution is 2.36. The summed E-state index contributed by atoms with van der Waals surface area (Å²) >= 11 is 13.0. The van der Waals surface area contributed by atoms with E-state index in [-0.39, 0.29) is 17.2 Å². The number of nitro benzene ring substituents is 2. The van der Waals surface area contributed by atoms with Gasteiger partial charge in [0.2, 0.25) is 0 Å². The molecular weight excluding hydrogens is 561 g/mol. The molecule has 11 nitrogen and oxygen atoms in total. The maximum Gasteiger partial charge on any atom is 0.344 e. The number of imide groups is 1. The van der Waals surface area contributed by atoms with Gasteiger partial charge in [-0.25, -0.2) is 4.79 Å². The molecule has 0 unspecified atom stereocenters. The summed E-state index contributed by atoms with van der Waals surface area (Å²) in [5.74, 6) is -1.63. The summed E-state index contributed by atoms with van der Waals surface area (Å²) in [6.45, 7) is -0.118. The van der Waals surface area contributed by atoms with Crippen LogP contribution in [0.25, 0.3) is 6.08 Å². The van der Waals surface area contributed by atoms with E-state index in [0.29, 0.717) is 32.9 Å². The number of rotatable bonds is 7. The Morgan fingerprint density at radius 1 is 0.947 bits per heavy atom. The minimum Gasteiger partial charge on any atom is -0.423 e. The zero-order valence-electron chi connectivity index (χ0n) is 18.8. The second kappa shape index (κ2) is 11.0. The lowest BCUT2D eigenvalue weighted by Gasteiger charge is -2.14. The molecule has 0 aliphatic carbocycles. The number of nitrogens with zero attached hydrogens (tertiary/aromatic N) is 3. The van der Waals surface area contributed by atoms with Gasteiger partial charge < -0.3 is 4.74 Å². The van der Waals surface area contributed by atoms with Crippen molar-refractivity contribution in [3.05, 3.63) is 113 Å². The van der Waals surface area contributed by atoms with Gasteiger partial charge in [-0.3, -0.25) is 34.7 Å². The van der Waals surface area contributed by atoms with E-state index in [0.717, 1.165) is 23.1 Å². The summed E-state index contributed by atoms with van der Waals surface area (Å²) in [7, 11) is 0. The Labute approximate surface area is 227 Å². The van der Waals surface area contributed by atoms with E-state index in [1.807, 2.05) is 0 Å². The second-order valence-corrected chi connectivity index (χ2v) is 9.49. The van der Waals surface area contributed by atoms with E-state index in [1.54, 1.807) is 24.3 Å². The van der Waals surface area contributed by atoms with Crippen LogP contribution in [-0.2, 0) is 11.3 Å². The van der Waals surface area contributed by atoms with Crippen molar-refractivity contribution in [2.24, 2.45) is 0 Å². The highest BCUT2D eigenvalue weighted by molar-refractivity contribution is 8.18. The van der Waals surface area contributed by atoms with E-state index >= 15 is 0 Å². The van der Waals surface area contributed by atoms with Crippen LogP contribution < -0.4 is 4.74 Å². The fourth-order valence-corrected chi connectivity index (χ4v) is 4.74. The molecule has 14 heteroatoms. The number of halogens is 2. The van der Waals surface area contributed by atoms with Crippen LogP contribution in [0.4, 0.5) is 16.2 Å². The van der Waals surface area contributed by atoms with Gasteiger partial charge in [-0.15, -0.1) is 0 Å². The lowest BCUT2D eigenvalue weighted by Crippen LogP contribution is -2.27. The van der Waals surface area contributed by atoms with Gasteiger partial charge in [0.25, 0.3) is 22.5 Å². The first-order chi connectivity index (χ1) is 18.0. The van der Waals surface area contributed by atoms with Crippen LogP contribution in [0, 0.1) is 20.2 Å². The average molecular weight is 574 g/mol. The SMILES string of the molecule is O=C(Oc1cccc(/C=C2\SC(=O)N(Cc3c(Cl)cccc3Cl)C2=O)c1)c1cc([N+](=O)[O-])cc([N+](=O)[O-])c1. The van der Waals surface area contributed by atoms with Crippen LogP contribution in [0.5, 0.6) is 5.75 Å². The molecule has 3 aromatic rings. The molecule has 3 aromatic carbocycles. The number of hydrogen-bond donors (Lipinski definition) is 0. The molecule has 0 N–H and O–H groups in total. The van der Waals surface area contributed by atoms with Crippen LogP contribution >= 0.6 is 35.0 Å². The smallest absolute Gasteiger partial charge is 0.344 e. The summed E-state index contributed by atoms with van der Waals surface area (Å²) < 4.78 is 5.24. The third kappa shape index (κ3) is 5.83. The van der Waals surface area contributed by atoms with Gasteiger partial charge in [-0.05, 0) is 47.7 Å². The maximum atomic E-state index is 12.9. The van der Waals surface area contributed by atoms with Crippen molar-refractivity contribution in [3.63, 3.8) is 0 Å². The third-order valence-electron chi connectivity index (χ3n) is 5.18. The molecule has 1 saturated heterocycles. The number of non-ortho nitro benzene ring substituents is 2. The van der Waals surface area contributed by atoms with Crippen molar-refractivity contribution in [2.45, 2.75) is 6.54 Å². The summed E-state index contributed by atoms with van der Waals surface area (Å²) in [6.07, 6.45) is 1.43. The monoisotopic (exact) mass is 573 g/mol. The summed E-state index contributed by atoms with van der Waals surface area (Å²) in [5, 5.41) is 22.3. The molecule has 1 aliphatic rings. The van der Waals surface area contributed by atoms with E-state index in [2.05, 4.69) is 0 Å². The Bertz CT molecular complexity index is 1510. The number of amides is 2. The minimum atomic E-state index is -1.06. The van der Waals surface area contributed by atoms with Crippen LogP contribution in [0.15, 0.2) is 65.6 Å². The van der Waals surface area contributed by atoms with Gasteiger partial charge in [0.1, 0.15) is 5.75 Å². The number of ether oxygens (including phenoxy) is 1. The van der Waals surface area contributed by atoms with Crippen LogP contribution in [-0.4, -0.2) is 31.9 Å². The zero-order chi connectivity index (χ0) is 27.6. The Hall–Kier alpha value is -4.26. The molecule has 1 aliphatic heterocycles. The third-order valence-corrected chi connectivity index (χ3v) is 6.79. The number of nitro groups is 2. The van der Waals surface area contributed by atoms with Crippen molar-refractivity contribution in [3.8, 4) is 5.75 Å². The van der Waals surface area contributed by atoms with Crippen molar-refractivity contribution in [1.29, 1.82) is 0 Å². The largest absolute Gasteiger partial charge is 0.423 e. The van der Waals surface area contributed by atoms with E-state index in [1.165, 1.54) is 24.3 Å². The molecule has 2 amide bonds. The molecule has 0 radical (unpaired) electrons. The molecule has 4 rings (SSSR count). The van der Waals surface area contributed by atoms with Crippen molar-refractivity contribution < 1.29 is 29.0 Å².